The lowest BCUT2D eigenvalue weighted by Gasteiger charge is -2.26. The number of hydrogen-bond acceptors (Lipinski definition) is 5. The molecule has 2 aromatic carbocycles. The summed E-state index contributed by atoms with van der Waals surface area (Å²) >= 11 is 0. The van der Waals surface area contributed by atoms with Gasteiger partial charge < -0.3 is 14.2 Å². The van der Waals surface area contributed by atoms with E-state index in [9.17, 15) is 14.4 Å². The maximum Gasteiger partial charge on any atom is 0.335 e. The Kier molecular flexibility index (Phi) is 5.98. The van der Waals surface area contributed by atoms with Crippen LogP contribution in [0.1, 0.15) is 17.0 Å². The van der Waals surface area contributed by atoms with Gasteiger partial charge >= 0.3 is 6.03 Å². The van der Waals surface area contributed by atoms with Crippen molar-refractivity contribution in [1.29, 1.82) is 0 Å². The van der Waals surface area contributed by atoms with Crippen molar-refractivity contribution in [3.8, 4) is 11.4 Å². The Morgan fingerprint density at radius 2 is 1.53 bits per heavy atom. The van der Waals surface area contributed by atoms with Crippen LogP contribution < -0.4 is 19.9 Å². The molecule has 0 radical (unpaired) electrons. The highest BCUT2D eigenvalue weighted by molar-refractivity contribution is 6.39. The lowest BCUT2D eigenvalue weighted by atomic mass is 10.1. The average Bonchev–Trinajstić information content (AvgIpc) is 3.09. The third-order valence-corrected chi connectivity index (χ3v) is 5.83. The monoisotopic (exact) mass is 458 g/mol. The largest absolute Gasteiger partial charge is 0.497 e. The molecule has 0 unspecified atom stereocenters. The molecule has 0 aliphatic carbocycles. The third-order valence-electron chi connectivity index (χ3n) is 5.83. The SMILES string of the molecule is COc1ccc(N2C(=O)NC(=O)/C(=C\c3cc(C)n(-c4ccc(N(C)C)cc4)c3C)C2=O)cc1. The quantitative estimate of drug-likeness (QED) is 0.464. The van der Waals surface area contributed by atoms with Crippen molar-refractivity contribution in [2.45, 2.75) is 13.8 Å². The molecule has 34 heavy (non-hydrogen) atoms. The van der Waals surface area contributed by atoms with E-state index in [0.29, 0.717) is 11.4 Å². The molecule has 8 nitrogen and oxygen atoms in total. The molecule has 1 fully saturated rings. The van der Waals surface area contributed by atoms with E-state index in [1.54, 1.807) is 24.3 Å². The van der Waals surface area contributed by atoms with Crippen molar-refractivity contribution in [2.75, 3.05) is 31.0 Å². The Morgan fingerprint density at radius 1 is 0.912 bits per heavy atom. The molecule has 1 aromatic heterocycles. The number of hydrogen-bond donors (Lipinski definition) is 1. The van der Waals surface area contributed by atoms with E-state index in [1.807, 2.05) is 63.2 Å². The van der Waals surface area contributed by atoms with Crippen molar-refractivity contribution in [1.82, 2.24) is 9.88 Å². The molecular formula is C26H26N4O4. The zero-order chi connectivity index (χ0) is 24.6. The van der Waals surface area contributed by atoms with Crippen molar-refractivity contribution in [3.63, 3.8) is 0 Å². The molecule has 4 amide bonds. The maximum absolute atomic E-state index is 13.2. The van der Waals surface area contributed by atoms with Gasteiger partial charge in [0.2, 0.25) is 0 Å². The molecule has 1 saturated heterocycles. The smallest absolute Gasteiger partial charge is 0.335 e. The molecule has 174 valence electrons. The number of benzene rings is 2. The van der Waals surface area contributed by atoms with Crippen LogP contribution in [0.2, 0.25) is 0 Å². The number of carbonyl (C=O) groups excluding carboxylic acids is 3. The van der Waals surface area contributed by atoms with Gasteiger partial charge in [-0.2, -0.15) is 0 Å². The van der Waals surface area contributed by atoms with E-state index >= 15 is 0 Å². The van der Waals surface area contributed by atoms with Gasteiger partial charge in [-0.25, -0.2) is 9.69 Å². The highest BCUT2D eigenvalue weighted by atomic mass is 16.5. The van der Waals surface area contributed by atoms with E-state index in [1.165, 1.54) is 13.2 Å². The van der Waals surface area contributed by atoms with E-state index in [0.717, 1.165) is 33.2 Å². The van der Waals surface area contributed by atoms with E-state index in [2.05, 4.69) is 9.88 Å². The first-order valence-electron chi connectivity index (χ1n) is 10.7. The number of nitrogens with one attached hydrogen (secondary N) is 1. The molecule has 0 spiro atoms. The molecule has 8 heteroatoms. The van der Waals surface area contributed by atoms with E-state index in [-0.39, 0.29) is 5.57 Å². The zero-order valence-corrected chi connectivity index (χ0v) is 19.7. The van der Waals surface area contributed by atoms with Crippen molar-refractivity contribution < 1.29 is 19.1 Å². The van der Waals surface area contributed by atoms with Crippen LogP contribution in [0, 0.1) is 13.8 Å². The lowest BCUT2D eigenvalue weighted by molar-refractivity contribution is -0.122. The number of aromatic nitrogens is 1. The van der Waals surface area contributed by atoms with Crippen LogP contribution in [-0.2, 0) is 9.59 Å². The Bertz CT molecular complexity index is 1300. The van der Waals surface area contributed by atoms with Gasteiger partial charge in [0.05, 0.1) is 12.8 Å². The Hall–Kier alpha value is -4.33. The summed E-state index contributed by atoms with van der Waals surface area (Å²) in [6.45, 7) is 3.89. The topological polar surface area (TPSA) is 83.9 Å². The first-order valence-corrected chi connectivity index (χ1v) is 10.7. The normalized spacial score (nSPS) is 15.0. The number of ether oxygens (including phenoxy) is 1. The molecule has 0 bridgehead atoms. The summed E-state index contributed by atoms with van der Waals surface area (Å²) in [4.78, 5) is 41.2. The van der Waals surface area contributed by atoms with Crippen molar-refractivity contribution >= 4 is 35.3 Å². The predicted octanol–water partition coefficient (Wildman–Crippen LogP) is 3.84. The number of barbiturate groups is 1. The number of anilines is 2. The van der Waals surface area contributed by atoms with Crippen LogP contribution in [-0.4, -0.2) is 43.6 Å². The van der Waals surface area contributed by atoms with Crippen molar-refractivity contribution in [3.05, 3.63) is 77.1 Å². The van der Waals surface area contributed by atoms with Gasteiger partial charge in [0.1, 0.15) is 11.3 Å². The fraction of sp³-hybridized carbons (Fsp3) is 0.192. The first kappa shape index (κ1) is 22.8. The highest BCUT2D eigenvalue weighted by Gasteiger charge is 2.37. The minimum atomic E-state index is -0.788. The summed E-state index contributed by atoms with van der Waals surface area (Å²) in [6, 6.07) is 15.7. The lowest BCUT2D eigenvalue weighted by Crippen LogP contribution is -2.54. The predicted molar refractivity (Wildman–Crippen MR) is 132 cm³/mol. The number of rotatable bonds is 5. The number of methoxy groups -OCH3 is 1. The summed E-state index contributed by atoms with van der Waals surface area (Å²) in [7, 11) is 5.50. The fourth-order valence-electron chi connectivity index (χ4n) is 4.01. The van der Waals surface area contributed by atoms with E-state index < -0.39 is 17.8 Å². The minimum absolute atomic E-state index is 0.112. The summed E-state index contributed by atoms with van der Waals surface area (Å²) < 4.78 is 7.19. The molecule has 0 saturated carbocycles. The van der Waals surface area contributed by atoms with Crippen LogP contribution >= 0.6 is 0 Å². The maximum atomic E-state index is 13.2. The second-order valence-electron chi connectivity index (χ2n) is 8.23. The summed E-state index contributed by atoms with van der Waals surface area (Å²) in [6.07, 6.45) is 1.54. The van der Waals surface area contributed by atoms with Gasteiger partial charge in [-0.3, -0.25) is 14.9 Å². The summed E-state index contributed by atoms with van der Waals surface area (Å²) in [5, 5.41) is 2.26. The average molecular weight is 459 g/mol. The van der Waals surface area contributed by atoms with Crippen LogP contribution in [0.25, 0.3) is 11.8 Å². The molecular weight excluding hydrogens is 432 g/mol. The number of nitrogens with zero attached hydrogens (tertiary/aromatic N) is 3. The number of imide groups is 2. The number of aryl methyl sites for hydroxylation is 1. The summed E-state index contributed by atoms with van der Waals surface area (Å²) in [5.41, 5.74) is 4.83. The second-order valence-corrected chi connectivity index (χ2v) is 8.23. The van der Waals surface area contributed by atoms with Crippen LogP contribution in [0.3, 0.4) is 0 Å². The molecule has 1 aliphatic rings. The second kappa shape index (κ2) is 8.90. The van der Waals surface area contributed by atoms with Crippen LogP contribution in [0.15, 0.2) is 60.2 Å². The zero-order valence-electron chi connectivity index (χ0n) is 19.7. The van der Waals surface area contributed by atoms with Gasteiger partial charge in [0, 0.05) is 36.9 Å². The molecule has 0 atom stereocenters. The Morgan fingerprint density at radius 3 is 2.12 bits per heavy atom. The van der Waals surface area contributed by atoms with E-state index in [4.69, 9.17) is 4.74 Å². The van der Waals surface area contributed by atoms with Crippen molar-refractivity contribution in [2.24, 2.45) is 0 Å². The van der Waals surface area contributed by atoms with Crippen LogP contribution in [0.5, 0.6) is 5.75 Å². The number of urea groups is 1. The Balaban J connectivity index is 1.71. The molecule has 1 N–H and O–H groups in total. The van der Waals surface area contributed by atoms with Gasteiger partial charge in [-0.1, -0.05) is 0 Å². The molecule has 1 aliphatic heterocycles. The Labute approximate surface area is 198 Å². The summed E-state index contributed by atoms with van der Waals surface area (Å²) in [5.74, 6) is -0.814. The van der Waals surface area contributed by atoms with Gasteiger partial charge in [0.15, 0.2) is 0 Å². The number of carbonyl (C=O) groups is 3. The van der Waals surface area contributed by atoms with Gasteiger partial charge in [-0.15, -0.1) is 0 Å². The fourth-order valence-corrected chi connectivity index (χ4v) is 4.01. The molecule has 4 rings (SSSR count). The molecule has 2 heterocycles. The minimum Gasteiger partial charge on any atom is -0.497 e. The first-order chi connectivity index (χ1) is 16.2. The van der Waals surface area contributed by atoms with Gasteiger partial charge in [0.25, 0.3) is 11.8 Å². The number of amides is 4. The standard InChI is InChI=1S/C26H26N4O4/c1-16-14-18(17(2)29(16)20-8-6-19(7-9-20)28(3)4)15-23-24(31)27-26(33)30(25(23)32)21-10-12-22(34-5)13-11-21/h6-15H,1-5H3,(H,27,31,33)/b23-15+. The molecule has 3 aromatic rings. The van der Waals surface area contributed by atoms with Gasteiger partial charge in [-0.05, 0) is 80.1 Å². The van der Waals surface area contributed by atoms with Crippen LogP contribution in [0.4, 0.5) is 16.2 Å². The third kappa shape index (κ3) is 4.05. The highest BCUT2D eigenvalue weighted by Crippen LogP contribution is 2.27.